The Balaban J connectivity index is 1.74. The van der Waals surface area contributed by atoms with Crippen molar-refractivity contribution in [2.24, 2.45) is 0 Å². The molecule has 5 aromatic rings. The Morgan fingerprint density at radius 3 is 2.70 bits per heavy atom. The molecule has 5 rings (SSSR count). The molecule has 3 heterocycles. The standard InChI is InChI=1S/C17H10N4S2/c1-2-7-12-11(5-1)6-3-8-13(12)16-20-21-15(14-9-4-10-22-14)18-19-17(21)23-16/h1-10H. The van der Waals surface area contributed by atoms with Crippen LogP contribution in [0.4, 0.5) is 0 Å². The first-order chi connectivity index (χ1) is 11.4. The maximum Gasteiger partial charge on any atom is 0.235 e. The van der Waals surface area contributed by atoms with Crippen LogP contribution in [0.2, 0.25) is 0 Å². The summed E-state index contributed by atoms with van der Waals surface area (Å²) >= 11 is 3.21. The van der Waals surface area contributed by atoms with Crippen LogP contribution in [-0.4, -0.2) is 19.8 Å². The van der Waals surface area contributed by atoms with Crippen LogP contribution in [0.3, 0.4) is 0 Å². The maximum atomic E-state index is 4.77. The molecular formula is C17H10N4S2. The van der Waals surface area contributed by atoms with Gasteiger partial charge in [0.05, 0.1) is 4.88 Å². The Morgan fingerprint density at radius 1 is 0.870 bits per heavy atom. The summed E-state index contributed by atoms with van der Waals surface area (Å²) in [5.41, 5.74) is 1.13. The van der Waals surface area contributed by atoms with Crippen LogP contribution >= 0.6 is 22.7 Å². The van der Waals surface area contributed by atoms with Gasteiger partial charge in [-0.05, 0) is 22.2 Å². The molecule has 0 saturated heterocycles. The van der Waals surface area contributed by atoms with E-state index in [1.807, 2.05) is 22.0 Å². The quantitative estimate of drug-likeness (QED) is 0.468. The van der Waals surface area contributed by atoms with Crippen molar-refractivity contribution in [1.82, 2.24) is 19.8 Å². The van der Waals surface area contributed by atoms with E-state index in [9.17, 15) is 0 Å². The smallest absolute Gasteiger partial charge is 0.181 e. The van der Waals surface area contributed by atoms with Gasteiger partial charge in [-0.1, -0.05) is 59.9 Å². The summed E-state index contributed by atoms with van der Waals surface area (Å²) in [4.78, 5) is 1.89. The van der Waals surface area contributed by atoms with Crippen LogP contribution in [-0.2, 0) is 0 Å². The monoisotopic (exact) mass is 334 g/mol. The molecule has 0 aliphatic carbocycles. The van der Waals surface area contributed by atoms with E-state index in [1.165, 1.54) is 10.8 Å². The highest BCUT2D eigenvalue weighted by atomic mass is 32.1. The van der Waals surface area contributed by atoms with E-state index >= 15 is 0 Å². The van der Waals surface area contributed by atoms with E-state index in [1.54, 1.807) is 22.7 Å². The Bertz CT molecular complexity index is 1120. The molecule has 4 nitrogen and oxygen atoms in total. The molecule has 0 N–H and O–H groups in total. The summed E-state index contributed by atoms with van der Waals surface area (Å²) in [6.07, 6.45) is 0. The lowest BCUT2D eigenvalue weighted by Gasteiger charge is -2.02. The molecular weight excluding hydrogens is 324 g/mol. The predicted octanol–water partition coefficient (Wildman–Crippen LogP) is 4.73. The molecule has 110 valence electrons. The fraction of sp³-hybridized carbons (Fsp3) is 0. The van der Waals surface area contributed by atoms with Gasteiger partial charge in [-0.15, -0.1) is 21.5 Å². The third-order valence-electron chi connectivity index (χ3n) is 3.75. The van der Waals surface area contributed by atoms with Gasteiger partial charge in [0.1, 0.15) is 5.01 Å². The van der Waals surface area contributed by atoms with Crippen molar-refractivity contribution in [2.45, 2.75) is 0 Å². The number of benzene rings is 2. The maximum absolute atomic E-state index is 4.77. The zero-order chi connectivity index (χ0) is 15.2. The van der Waals surface area contributed by atoms with Gasteiger partial charge in [-0.3, -0.25) is 0 Å². The van der Waals surface area contributed by atoms with Crippen LogP contribution < -0.4 is 0 Å². The third kappa shape index (κ3) is 1.99. The third-order valence-corrected chi connectivity index (χ3v) is 5.55. The number of fused-ring (bicyclic) bond motifs is 2. The fourth-order valence-corrected chi connectivity index (χ4v) is 4.27. The zero-order valence-corrected chi connectivity index (χ0v) is 13.5. The summed E-state index contributed by atoms with van der Waals surface area (Å²) in [5, 5.41) is 18.7. The lowest BCUT2D eigenvalue weighted by molar-refractivity contribution is 0.975. The van der Waals surface area contributed by atoms with E-state index < -0.39 is 0 Å². The second-order valence-electron chi connectivity index (χ2n) is 5.13. The van der Waals surface area contributed by atoms with Crippen molar-refractivity contribution in [3.8, 4) is 21.3 Å². The molecule has 23 heavy (non-hydrogen) atoms. The molecule has 3 aromatic heterocycles. The summed E-state index contributed by atoms with van der Waals surface area (Å²) < 4.78 is 1.84. The van der Waals surface area contributed by atoms with Gasteiger partial charge < -0.3 is 0 Å². The van der Waals surface area contributed by atoms with Crippen LogP contribution in [0, 0.1) is 0 Å². The van der Waals surface area contributed by atoms with Gasteiger partial charge in [-0.2, -0.15) is 9.61 Å². The van der Waals surface area contributed by atoms with Gasteiger partial charge in [-0.25, -0.2) is 0 Å². The molecule has 0 atom stereocenters. The summed E-state index contributed by atoms with van der Waals surface area (Å²) in [5.74, 6) is 0.803. The van der Waals surface area contributed by atoms with Gasteiger partial charge >= 0.3 is 0 Å². The first-order valence-corrected chi connectivity index (χ1v) is 8.84. The van der Waals surface area contributed by atoms with Crippen molar-refractivity contribution in [1.29, 1.82) is 0 Å². The molecule has 0 amide bonds. The summed E-state index contributed by atoms with van der Waals surface area (Å²) in [6, 6.07) is 18.7. The minimum Gasteiger partial charge on any atom is -0.181 e. The largest absolute Gasteiger partial charge is 0.235 e. The molecule has 0 spiro atoms. The number of rotatable bonds is 2. The molecule has 0 bridgehead atoms. The number of nitrogens with zero attached hydrogens (tertiary/aromatic N) is 4. The number of hydrogen-bond donors (Lipinski definition) is 0. The number of aromatic nitrogens is 4. The topological polar surface area (TPSA) is 43.1 Å². The van der Waals surface area contributed by atoms with E-state index in [0.717, 1.165) is 26.2 Å². The lowest BCUT2D eigenvalue weighted by Crippen LogP contribution is -1.89. The van der Waals surface area contributed by atoms with Crippen LogP contribution in [0.5, 0.6) is 0 Å². The second kappa shape index (κ2) is 4.97. The minimum atomic E-state index is 0.803. The molecule has 0 radical (unpaired) electrons. The van der Waals surface area contributed by atoms with Crippen molar-refractivity contribution in [3.05, 3.63) is 60.0 Å². The molecule has 0 aliphatic heterocycles. The molecule has 0 saturated carbocycles. The van der Waals surface area contributed by atoms with E-state index in [0.29, 0.717) is 0 Å². The van der Waals surface area contributed by atoms with E-state index in [-0.39, 0.29) is 0 Å². The molecule has 0 unspecified atom stereocenters. The zero-order valence-electron chi connectivity index (χ0n) is 11.9. The highest BCUT2D eigenvalue weighted by Crippen LogP contribution is 2.33. The van der Waals surface area contributed by atoms with Crippen LogP contribution in [0.15, 0.2) is 60.0 Å². The first-order valence-electron chi connectivity index (χ1n) is 7.14. The molecule has 6 heteroatoms. The minimum absolute atomic E-state index is 0.803. The van der Waals surface area contributed by atoms with Crippen molar-refractivity contribution < 1.29 is 0 Å². The lowest BCUT2D eigenvalue weighted by atomic mass is 10.1. The predicted molar refractivity (Wildman–Crippen MR) is 94.9 cm³/mol. The second-order valence-corrected chi connectivity index (χ2v) is 7.03. The number of thiophene rings is 1. The van der Waals surface area contributed by atoms with Crippen LogP contribution in [0.1, 0.15) is 0 Å². The summed E-state index contributed by atoms with van der Waals surface area (Å²) in [6.45, 7) is 0. The Hall–Kier alpha value is -2.57. The summed E-state index contributed by atoms with van der Waals surface area (Å²) in [7, 11) is 0. The number of hydrogen-bond acceptors (Lipinski definition) is 5. The van der Waals surface area contributed by atoms with Crippen molar-refractivity contribution >= 4 is 38.4 Å². The molecule has 0 fully saturated rings. The van der Waals surface area contributed by atoms with Crippen molar-refractivity contribution in [2.75, 3.05) is 0 Å². The highest BCUT2D eigenvalue weighted by molar-refractivity contribution is 7.20. The average molecular weight is 334 g/mol. The fourth-order valence-electron chi connectivity index (χ4n) is 2.70. The Morgan fingerprint density at radius 2 is 1.78 bits per heavy atom. The first kappa shape index (κ1) is 12.9. The SMILES string of the molecule is c1csc(-c2nnc3sc(-c4cccc5ccccc45)nn23)c1. The average Bonchev–Trinajstić information content (AvgIpc) is 3.30. The van der Waals surface area contributed by atoms with Gasteiger partial charge in [0.2, 0.25) is 4.96 Å². The van der Waals surface area contributed by atoms with E-state index in [4.69, 9.17) is 5.10 Å². The van der Waals surface area contributed by atoms with Gasteiger partial charge in [0, 0.05) is 5.56 Å². The van der Waals surface area contributed by atoms with Gasteiger partial charge in [0.25, 0.3) is 0 Å². The molecule has 2 aromatic carbocycles. The highest BCUT2D eigenvalue weighted by Gasteiger charge is 2.16. The van der Waals surface area contributed by atoms with Crippen molar-refractivity contribution in [3.63, 3.8) is 0 Å². The van der Waals surface area contributed by atoms with Gasteiger partial charge in [0.15, 0.2) is 5.82 Å². The Labute approximate surface area is 139 Å². The van der Waals surface area contributed by atoms with E-state index in [2.05, 4.69) is 52.7 Å². The normalized spacial score (nSPS) is 11.5. The molecule has 0 aliphatic rings. The van der Waals surface area contributed by atoms with Crippen LogP contribution in [0.25, 0.3) is 37.0 Å². The Kier molecular flexibility index (Phi) is 2.79.